The third-order valence-corrected chi connectivity index (χ3v) is 5.35. The summed E-state index contributed by atoms with van der Waals surface area (Å²) in [5.74, 6) is 2.30. The van der Waals surface area contributed by atoms with Crippen molar-refractivity contribution in [3.63, 3.8) is 0 Å². The molecule has 0 saturated carbocycles. The number of nitrogens with zero attached hydrogens (tertiary/aromatic N) is 1. The number of furan rings is 1. The Morgan fingerprint density at radius 2 is 1.80 bits per heavy atom. The summed E-state index contributed by atoms with van der Waals surface area (Å²) in [7, 11) is 0. The molecule has 0 radical (unpaired) electrons. The number of thiazole rings is 1. The molecule has 2 aromatic heterocycles. The van der Waals surface area contributed by atoms with Crippen LogP contribution in [0.1, 0.15) is 19.1 Å². The standard InChI is InChI=1S/C23H22N2O4S/c1-2-13-27-18-8-4-5-9-19(18)28-15-22(26)24-14-16-11-12-20(29-16)23-25-17-7-3-6-10-21(17)30-23/h3-12H,2,13-15H2,1H3,(H,24,26). The average molecular weight is 423 g/mol. The number of fused-ring (bicyclic) bond motifs is 1. The molecule has 0 bridgehead atoms. The summed E-state index contributed by atoms with van der Waals surface area (Å²) in [4.78, 5) is 16.8. The summed E-state index contributed by atoms with van der Waals surface area (Å²) in [5, 5.41) is 3.63. The number of aromatic nitrogens is 1. The molecule has 154 valence electrons. The monoisotopic (exact) mass is 422 g/mol. The molecule has 4 rings (SSSR count). The van der Waals surface area contributed by atoms with E-state index in [9.17, 15) is 4.79 Å². The van der Waals surface area contributed by atoms with Crippen LogP contribution in [-0.2, 0) is 11.3 Å². The van der Waals surface area contributed by atoms with Crippen molar-refractivity contribution in [1.82, 2.24) is 10.3 Å². The van der Waals surface area contributed by atoms with E-state index in [1.807, 2.05) is 61.5 Å². The highest BCUT2D eigenvalue weighted by Crippen LogP contribution is 2.31. The Morgan fingerprint density at radius 1 is 1.03 bits per heavy atom. The molecule has 0 atom stereocenters. The van der Waals surface area contributed by atoms with Crippen LogP contribution < -0.4 is 14.8 Å². The van der Waals surface area contributed by atoms with Crippen molar-refractivity contribution in [3.05, 3.63) is 66.4 Å². The van der Waals surface area contributed by atoms with Gasteiger partial charge < -0.3 is 19.2 Å². The molecule has 1 N–H and O–H groups in total. The molecule has 0 fully saturated rings. The minimum atomic E-state index is -0.238. The van der Waals surface area contributed by atoms with Gasteiger partial charge in [0, 0.05) is 0 Å². The summed E-state index contributed by atoms with van der Waals surface area (Å²) in [6, 6.07) is 19.0. The highest BCUT2D eigenvalue weighted by Gasteiger charge is 2.12. The fourth-order valence-electron chi connectivity index (χ4n) is 2.85. The quantitative estimate of drug-likeness (QED) is 0.409. The number of carbonyl (C=O) groups excluding carboxylic acids is 1. The van der Waals surface area contributed by atoms with Crippen LogP contribution in [-0.4, -0.2) is 24.1 Å². The van der Waals surface area contributed by atoms with Crippen LogP contribution in [0.25, 0.3) is 21.0 Å². The van der Waals surface area contributed by atoms with Crippen molar-refractivity contribution < 1.29 is 18.7 Å². The lowest BCUT2D eigenvalue weighted by Gasteiger charge is -2.12. The number of carbonyl (C=O) groups is 1. The SMILES string of the molecule is CCCOc1ccccc1OCC(=O)NCc1ccc(-c2nc3ccccc3s2)o1. The predicted octanol–water partition coefficient (Wildman–Crippen LogP) is 5.04. The minimum absolute atomic E-state index is 0.0993. The van der Waals surface area contributed by atoms with Crippen molar-refractivity contribution in [2.45, 2.75) is 19.9 Å². The van der Waals surface area contributed by atoms with Gasteiger partial charge in [-0.15, -0.1) is 11.3 Å². The Labute approximate surface area is 178 Å². The Balaban J connectivity index is 1.31. The summed E-state index contributed by atoms with van der Waals surface area (Å²) < 4.78 is 18.2. The Bertz CT molecular complexity index is 1100. The molecule has 4 aromatic rings. The third-order valence-electron chi connectivity index (χ3n) is 4.30. The van der Waals surface area contributed by atoms with E-state index in [4.69, 9.17) is 13.9 Å². The van der Waals surface area contributed by atoms with E-state index in [-0.39, 0.29) is 19.1 Å². The largest absolute Gasteiger partial charge is 0.490 e. The maximum atomic E-state index is 12.2. The summed E-state index contributed by atoms with van der Waals surface area (Å²) in [5.41, 5.74) is 0.948. The van der Waals surface area contributed by atoms with Gasteiger partial charge in [-0.3, -0.25) is 4.79 Å². The van der Waals surface area contributed by atoms with Gasteiger partial charge in [0.1, 0.15) is 5.76 Å². The lowest BCUT2D eigenvalue weighted by molar-refractivity contribution is -0.123. The van der Waals surface area contributed by atoms with Crippen molar-refractivity contribution in [3.8, 4) is 22.3 Å². The molecule has 2 aromatic carbocycles. The zero-order chi connectivity index (χ0) is 20.8. The van der Waals surface area contributed by atoms with Crippen molar-refractivity contribution in [2.24, 2.45) is 0 Å². The van der Waals surface area contributed by atoms with E-state index in [0.29, 0.717) is 29.6 Å². The second-order valence-electron chi connectivity index (χ2n) is 6.61. The molecule has 0 spiro atoms. The lowest BCUT2D eigenvalue weighted by Crippen LogP contribution is -2.28. The van der Waals surface area contributed by atoms with Crippen LogP contribution in [0.5, 0.6) is 11.5 Å². The van der Waals surface area contributed by atoms with Gasteiger partial charge >= 0.3 is 0 Å². The number of amides is 1. The number of ether oxygens (including phenoxy) is 2. The second-order valence-corrected chi connectivity index (χ2v) is 7.64. The van der Waals surface area contributed by atoms with E-state index in [2.05, 4.69) is 10.3 Å². The van der Waals surface area contributed by atoms with Gasteiger partial charge in [-0.05, 0) is 42.8 Å². The van der Waals surface area contributed by atoms with Crippen molar-refractivity contribution in [1.29, 1.82) is 0 Å². The molecule has 30 heavy (non-hydrogen) atoms. The van der Waals surface area contributed by atoms with E-state index in [1.54, 1.807) is 17.4 Å². The fraction of sp³-hybridized carbons (Fsp3) is 0.217. The van der Waals surface area contributed by atoms with E-state index in [1.165, 1.54) is 0 Å². The molecular weight excluding hydrogens is 400 g/mol. The number of benzene rings is 2. The molecule has 0 saturated heterocycles. The van der Waals surface area contributed by atoms with Crippen LogP contribution in [0.3, 0.4) is 0 Å². The Morgan fingerprint density at radius 3 is 2.60 bits per heavy atom. The van der Waals surface area contributed by atoms with Crippen molar-refractivity contribution in [2.75, 3.05) is 13.2 Å². The first kappa shape index (κ1) is 20.0. The molecule has 0 aliphatic carbocycles. The van der Waals surface area contributed by atoms with Gasteiger partial charge in [-0.25, -0.2) is 4.98 Å². The molecule has 0 aliphatic heterocycles. The van der Waals surface area contributed by atoms with Gasteiger partial charge in [-0.2, -0.15) is 0 Å². The van der Waals surface area contributed by atoms with E-state index < -0.39 is 0 Å². The first-order valence-electron chi connectivity index (χ1n) is 9.79. The van der Waals surface area contributed by atoms with Gasteiger partial charge in [0.2, 0.25) is 0 Å². The molecule has 7 heteroatoms. The lowest BCUT2D eigenvalue weighted by atomic mass is 10.3. The summed E-state index contributed by atoms with van der Waals surface area (Å²) >= 11 is 1.58. The van der Waals surface area contributed by atoms with Gasteiger partial charge in [0.05, 0.1) is 23.4 Å². The van der Waals surface area contributed by atoms with E-state index in [0.717, 1.165) is 21.6 Å². The highest BCUT2D eigenvalue weighted by atomic mass is 32.1. The fourth-order valence-corrected chi connectivity index (χ4v) is 3.77. The number of para-hydroxylation sites is 3. The maximum Gasteiger partial charge on any atom is 0.258 e. The predicted molar refractivity (Wildman–Crippen MR) is 117 cm³/mol. The first-order chi connectivity index (χ1) is 14.7. The Kier molecular flexibility index (Phi) is 6.29. The first-order valence-corrected chi connectivity index (χ1v) is 10.6. The van der Waals surface area contributed by atoms with Gasteiger partial charge in [0.15, 0.2) is 28.9 Å². The minimum Gasteiger partial charge on any atom is -0.490 e. The summed E-state index contributed by atoms with van der Waals surface area (Å²) in [6.07, 6.45) is 0.900. The normalized spacial score (nSPS) is 10.8. The van der Waals surface area contributed by atoms with Crippen molar-refractivity contribution >= 4 is 27.5 Å². The van der Waals surface area contributed by atoms with Gasteiger partial charge in [-0.1, -0.05) is 31.2 Å². The number of hydrogen-bond donors (Lipinski definition) is 1. The van der Waals surface area contributed by atoms with Crippen LogP contribution in [0.2, 0.25) is 0 Å². The van der Waals surface area contributed by atoms with Crippen LogP contribution >= 0.6 is 11.3 Å². The van der Waals surface area contributed by atoms with E-state index >= 15 is 0 Å². The Hall–Kier alpha value is -3.32. The molecular formula is C23H22N2O4S. The topological polar surface area (TPSA) is 73.6 Å². The van der Waals surface area contributed by atoms with Crippen LogP contribution in [0.15, 0.2) is 65.1 Å². The maximum absolute atomic E-state index is 12.2. The average Bonchev–Trinajstić information content (AvgIpc) is 3.42. The zero-order valence-corrected chi connectivity index (χ0v) is 17.4. The molecule has 0 unspecified atom stereocenters. The number of nitrogens with one attached hydrogen (secondary N) is 1. The number of hydrogen-bond acceptors (Lipinski definition) is 6. The number of rotatable bonds is 9. The highest BCUT2D eigenvalue weighted by molar-refractivity contribution is 7.21. The second kappa shape index (κ2) is 9.45. The molecule has 6 nitrogen and oxygen atoms in total. The molecule has 2 heterocycles. The van der Waals surface area contributed by atoms with Crippen LogP contribution in [0, 0.1) is 0 Å². The third kappa shape index (κ3) is 4.80. The molecule has 1 amide bonds. The molecule has 0 aliphatic rings. The zero-order valence-electron chi connectivity index (χ0n) is 16.6. The smallest absolute Gasteiger partial charge is 0.258 e. The van der Waals surface area contributed by atoms with Crippen LogP contribution in [0.4, 0.5) is 0 Å². The summed E-state index contributed by atoms with van der Waals surface area (Å²) in [6.45, 7) is 2.81. The van der Waals surface area contributed by atoms with Gasteiger partial charge in [0.25, 0.3) is 5.91 Å².